The Morgan fingerprint density at radius 2 is 0.667 bits per heavy atom. The summed E-state index contributed by atoms with van der Waals surface area (Å²) in [6.45, 7) is 0. The average Bonchev–Trinajstić information content (AvgIpc) is 2.75. The van der Waals surface area contributed by atoms with Crippen LogP contribution in [0.25, 0.3) is 22.3 Å². The summed E-state index contributed by atoms with van der Waals surface area (Å²) in [6, 6.07) is 39.7. The normalized spacial score (nSPS) is 11.3. The molecule has 0 atom stereocenters. The molecule has 0 heterocycles. The molecule has 4 aromatic rings. The van der Waals surface area contributed by atoms with Gasteiger partial charge in [0.1, 0.15) is 0 Å². The van der Waals surface area contributed by atoms with Crippen molar-refractivity contribution >= 4 is 22.1 Å². The zero-order valence-corrected chi connectivity index (χ0v) is 18.0. The van der Waals surface area contributed by atoms with Gasteiger partial charge in [-0.2, -0.15) is 0 Å². The van der Waals surface area contributed by atoms with E-state index in [0.717, 1.165) is 0 Å². The van der Waals surface area contributed by atoms with E-state index < -0.39 is 13.3 Å². The van der Waals surface area contributed by atoms with Crippen LogP contribution in [0, 0.1) is 0 Å². The summed E-state index contributed by atoms with van der Waals surface area (Å²) >= 11 is -2.29. The van der Waals surface area contributed by atoms with Crippen molar-refractivity contribution in [3.8, 4) is 22.3 Å². The van der Waals surface area contributed by atoms with Gasteiger partial charge >= 0.3 is 165 Å². The van der Waals surface area contributed by atoms with Crippen molar-refractivity contribution in [2.75, 3.05) is 0 Å². The Hall–Kier alpha value is -2.58. The minimum absolute atomic E-state index is 1.28. The van der Waals surface area contributed by atoms with Gasteiger partial charge in [0, 0.05) is 0 Å². The zero-order chi connectivity index (χ0) is 18.7. The summed E-state index contributed by atoms with van der Waals surface area (Å²) in [5.74, 6) is 4.96. The Labute approximate surface area is 164 Å². The third-order valence-corrected chi connectivity index (χ3v) is 12.9. The van der Waals surface area contributed by atoms with Crippen molar-refractivity contribution in [3.05, 3.63) is 109 Å². The first-order valence-corrected chi connectivity index (χ1v) is 15.8. The molecule has 4 rings (SSSR count). The number of rotatable bonds is 4. The summed E-state index contributed by atoms with van der Waals surface area (Å²) < 4.78 is 3.03. The SMILES string of the molecule is [CH3][Ge]([CH3])([c]1ccc(-c2ccccc2)cc1)[c]1ccc(-c2ccccc2)cc1. The second-order valence-corrected chi connectivity index (χ2v) is 16.8. The van der Waals surface area contributed by atoms with Gasteiger partial charge in [-0.05, 0) is 0 Å². The molecule has 0 aliphatic rings. The van der Waals surface area contributed by atoms with E-state index >= 15 is 0 Å². The van der Waals surface area contributed by atoms with Gasteiger partial charge in [-0.25, -0.2) is 0 Å². The Balaban J connectivity index is 1.61. The molecule has 0 nitrogen and oxygen atoms in total. The van der Waals surface area contributed by atoms with Crippen molar-refractivity contribution in [2.24, 2.45) is 0 Å². The van der Waals surface area contributed by atoms with Gasteiger partial charge in [0.2, 0.25) is 0 Å². The van der Waals surface area contributed by atoms with Gasteiger partial charge in [-0.15, -0.1) is 0 Å². The molecule has 0 fully saturated rings. The van der Waals surface area contributed by atoms with E-state index in [1.807, 2.05) is 0 Å². The van der Waals surface area contributed by atoms with E-state index in [-0.39, 0.29) is 0 Å². The van der Waals surface area contributed by atoms with Gasteiger partial charge in [0.05, 0.1) is 0 Å². The summed E-state index contributed by atoms with van der Waals surface area (Å²) in [6.07, 6.45) is 0. The quantitative estimate of drug-likeness (QED) is 0.372. The van der Waals surface area contributed by atoms with E-state index in [4.69, 9.17) is 0 Å². The topological polar surface area (TPSA) is 0 Å². The van der Waals surface area contributed by atoms with Crippen molar-refractivity contribution in [1.29, 1.82) is 0 Å². The van der Waals surface area contributed by atoms with Crippen molar-refractivity contribution < 1.29 is 0 Å². The number of benzene rings is 4. The van der Waals surface area contributed by atoms with Crippen LogP contribution >= 0.6 is 0 Å². The Bertz CT molecular complexity index is 914. The minimum atomic E-state index is -2.29. The maximum absolute atomic E-state index is 2.48. The summed E-state index contributed by atoms with van der Waals surface area (Å²) in [5, 5.41) is 0. The van der Waals surface area contributed by atoms with Crippen molar-refractivity contribution in [2.45, 2.75) is 11.5 Å². The average molecular weight is 409 g/mol. The van der Waals surface area contributed by atoms with E-state index in [2.05, 4.69) is 121 Å². The Morgan fingerprint density at radius 1 is 0.370 bits per heavy atom. The molecular weight excluding hydrogens is 385 g/mol. The van der Waals surface area contributed by atoms with Crippen LogP contribution in [0.5, 0.6) is 0 Å². The molecule has 0 spiro atoms. The molecule has 1 heteroatoms. The third-order valence-electron chi connectivity index (χ3n) is 5.43. The molecular formula is C26H24Ge. The first-order valence-electron chi connectivity index (χ1n) is 9.46. The second-order valence-electron chi connectivity index (χ2n) is 7.51. The summed E-state index contributed by atoms with van der Waals surface area (Å²) in [4.78, 5) is 0. The zero-order valence-electron chi connectivity index (χ0n) is 15.9. The fraction of sp³-hybridized carbons (Fsp3) is 0.0769. The van der Waals surface area contributed by atoms with Crippen LogP contribution in [-0.2, 0) is 0 Å². The second kappa shape index (κ2) is 7.58. The van der Waals surface area contributed by atoms with E-state index in [1.165, 1.54) is 31.0 Å². The molecule has 0 N–H and O–H groups in total. The third kappa shape index (κ3) is 3.77. The molecule has 0 aromatic heterocycles. The van der Waals surface area contributed by atoms with Crippen molar-refractivity contribution in [1.82, 2.24) is 0 Å². The van der Waals surface area contributed by atoms with Crippen molar-refractivity contribution in [3.63, 3.8) is 0 Å². The van der Waals surface area contributed by atoms with Crippen LogP contribution in [0.3, 0.4) is 0 Å². The Kier molecular flexibility index (Phi) is 5.00. The molecule has 132 valence electrons. The molecule has 0 saturated heterocycles. The molecule has 27 heavy (non-hydrogen) atoms. The molecule has 0 bridgehead atoms. The van der Waals surface area contributed by atoms with Gasteiger partial charge in [-0.1, -0.05) is 0 Å². The van der Waals surface area contributed by atoms with E-state index in [1.54, 1.807) is 0 Å². The molecule has 0 aliphatic heterocycles. The van der Waals surface area contributed by atoms with E-state index in [0.29, 0.717) is 0 Å². The molecule has 0 radical (unpaired) electrons. The van der Waals surface area contributed by atoms with Crippen LogP contribution in [0.15, 0.2) is 109 Å². The number of hydrogen-bond donors (Lipinski definition) is 0. The molecule has 0 amide bonds. The first-order chi connectivity index (χ1) is 13.1. The van der Waals surface area contributed by atoms with Crippen LogP contribution in [-0.4, -0.2) is 13.3 Å². The van der Waals surface area contributed by atoms with Gasteiger partial charge in [0.15, 0.2) is 0 Å². The fourth-order valence-electron chi connectivity index (χ4n) is 3.59. The molecule has 0 unspecified atom stereocenters. The first kappa shape index (κ1) is 17.8. The standard InChI is InChI=1S/C26H24Ge/c1-27(2,25-17-13-23(14-18-25)21-9-5-3-6-10-21)26-19-15-24(16-20-26)22-11-7-4-8-12-22/h3-20H,1-2H3. The predicted octanol–water partition coefficient (Wildman–Crippen LogP) is 5.84. The Morgan fingerprint density at radius 3 is 1.00 bits per heavy atom. The molecule has 0 saturated carbocycles. The molecule has 0 aliphatic carbocycles. The van der Waals surface area contributed by atoms with Gasteiger partial charge in [0.25, 0.3) is 0 Å². The van der Waals surface area contributed by atoms with Gasteiger partial charge in [-0.3, -0.25) is 0 Å². The maximum atomic E-state index is 2.48. The van der Waals surface area contributed by atoms with Crippen LogP contribution in [0.2, 0.25) is 11.5 Å². The van der Waals surface area contributed by atoms with Gasteiger partial charge < -0.3 is 0 Å². The fourth-order valence-corrected chi connectivity index (χ4v) is 8.48. The summed E-state index contributed by atoms with van der Waals surface area (Å²) in [7, 11) is 0. The van der Waals surface area contributed by atoms with Crippen LogP contribution in [0.4, 0.5) is 0 Å². The molecule has 4 aromatic carbocycles. The summed E-state index contributed by atoms with van der Waals surface area (Å²) in [5.41, 5.74) is 5.14. The van der Waals surface area contributed by atoms with Crippen LogP contribution < -0.4 is 8.79 Å². The monoisotopic (exact) mass is 410 g/mol. The number of hydrogen-bond acceptors (Lipinski definition) is 0. The van der Waals surface area contributed by atoms with E-state index in [9.17, 15) is 0 Å². The predicted molar refractivity (Wildman–Crippen MR) is 121 cm³/mol. The van der Waals surface area contributed by atoms with Crippen LogP contribution in [0.1, 0.15) is 0 Å².